The van der Waals surface area contributed by atoms with Crippen LogP contribution in [0.25, 0.3) is 0 Å². The number of ether oxygens (including phenoxy) is 1. The summed E-state index contributed by atoms with van der Waals surface area (Å²) in [4.78, 5) is 4.29. The summed E-state index contributed by atoms with van der Waals surface area (Å²) in [6.45, 7) is 5.58. The molecule has 0 atom stereocenters. The molecule has 2 aromatic rings. The third-order valence-corrected chi connectivity index (χ3v) is 3.13. The van der Waals surface area contributed by atoms with Crippen molar-refractivity contribution in [3.05, 3.63) is 46.5 Å². The van der Waals surface area contributed by atoms with E-state index in [9.17, 15) is 0 Å². The second kappa shape index (κ2) is 5.36. The van der Waals surface area contributed by atoms with Gasteiger partial charge in [0.15, 0.2) is 0 Å². The molecule has 1 aromatic heterocycles. The summed E-state index contributed by atoms with van der Waals surface area (Å²) in [5.74, 6) is 1.89. The number of hydrogen-bond acceptors (Lipinski definition) is 2. The lowest BCUT2D eigenvalue weighted by molar-refractivity contribution is 0.295. The number of halogens is 1. The Bertz CT molecular complexity index is 508. The number of hydrogen-bond donors (Lipinski definition) is 0. The molecular weight excluding hydrogens is 280 g/mol. The minimum Gasteiger partial charge on any atom is -0.487 e. The van der Waals surface area contributed by atoms with Crippen LogP contribution in [0, 0.1) is 6.92 Å². The minimum absolute atomic E-state index is 0.547. The van der Waals surface area contributed by atoms with Gasteiger partial charge in [-0.1, -0.05) is 22.0 Å². The van der Waals surface area contributed by atoms with E-state index in [-0.39, 0.29) is 0 Å². The average Bonchev–Trinajstić information content (AvgIpc) is 2.67. The van der Waals surface area contributed by atoms with Gasteiger partial charge in [-0.15, -0.1) is 0 Å². The van der Waals surface area contributed by atoms with Gasteiger partial charge in [0.25, 0.3) is 0 Å². The van der Waals surface area contributed by atoms with E-state index < -0.39 is 0 Å². The molecule has 1 heterocycles. The lowest BCUT2D eigenvalue weighted by Gasteiger charge is -2.09. The molecule has 0 N–H and O–H groups in total. The van der Waals surface area contributed by atoms with Gasteiger partial charge in [-0.05, 0) is 32.0 Å². The van der Waals surface area contributed by atoms with Crippen molar-refractivity contribution < 1.29 is 4.74 Å². The second-order valence-electron chi connectivity index (χ2n) is 3.79. The lowest BCUT2D eigenvalue weighted by Crippen LogP contribution is -2.06. The normalized spacial score (nSPS) is 10.5. The zero-order chi connectivity index (χ0) is 12.3. The molecule has 3 nitrogen and oxygen atoms in total. The van der Waals surface area contributed by atoms with Crippen molar-refractivity contribution in [3.8, 4) is 5.75 Å². The molecule has 0 saturated carbocycles. The number of nitrogens with zero attached hydrogens (tertiary/aromatic N) is 2. The van der Waals surface area contributed by atoms with Gasteiger partial charge in [0.2, 0.25) is 0 Å². The summed E-state index contributed by atoms with van der Waals surface area (Å²) in [5.41, 5.74) is 1.10. The molecule has 0 amide bonds. The molecule has 0 saturated heterocycles. The highest BCUT2D eigenvalue weighted by molar-refractivity contribution is 9.10. The van der Waals surface area contributed by atoms with E-state index in [2.05, 4.69) is 32.4 Å². The molecule has 0 fully saturated rings. The highest BCUT2D eigenvalue weighted by Gasteiger charge is 2.05. The molecule has 4 heteroatoms. The zero-order valence-electron chi connectivity index (χ0n) is 9.98. The van der Waals surface area contributed by atoms with Crippen molar-refractivity contribution in [3.63, 3.8) is 0 Å². The third-order valence-electron chi connectivity index (χ3n) is 2.64. The topological polar surface area (TPSA) is 27.1 Å². The summed E-state index contributed by atoms with van der Waals surface area (Å²) >= 11 is 3.42. The molecule has 1 aromatic carbocycles. The number of aryl methyl sites for hydroxylation is 1. The molecule has 0 radical (unpaired) electrons. The van der Waals surface area contributed by atoms with Gasteiger partial charge < -0.3 is 9.30 Å². The van der Waals surface area contributed by atoms with E-state index in [1.54, 1.807) is 0 Å². The van der Waals surface area contributed by atoms with Gasteiger partial charge in [-0.2, -0.15) is 0 Å². The predicted octanol–water partition coefficient (Wildman–Crippen LogP) is 3.55. The van der Waals surface area contributed by atoms with Crippen LogP contribution in [0.4, 0.5) is 0 Å². The SMILES string of the molecule is CCn1c(COc2cccc(Br)c2)cnc1C. The first-order valence-electron chi connectivity index (χ1n) is 5.60. The van der Waals surface area contributed by atoms with Crippen LogP contribution in [0.2, 0.25) is 0 Å². The highest BCUT2D eigenvalue weighted by Crippen LogP contribution is 2.19. The van der Waals surface area contributed by atoms with Crippen LogP contribution in [-0.2, 0) is 13.2 Å². The smallest absolute Gasteiger partial charge is 0.130 e. The van der Waals surface area contributed by atoms with Gasteiger partial charge in [-0.3, -0.25) is 0 Å². The quantitative estimate of drug-likeness (QED) is 0.862. The van der Waals surface area contributed by atoms with E-state index in [1.165, 1.54) is 0 Å². The Kier molecular flexibility index (Phi) is 3.84. The maximum absolute atomic E-state index is 5.74. The molecule has 0 spiro atoms. The van der Waals surface area contributed by atoms with E-state index in [4.69, 9.17) is 4.74 Å². The van der Waals surface area contributed by atoms with E-state index in [0.717, 1.165) is 28.3 Å². The van der Waals surface area contributed by atoms with E-state index in [1.807, 2.05) is 37.4 Å². The summed E-state index contributed by atoms with van der Waals surface area (Å²) in [6.07, 6.45) is 1.87. The highest BCUT2D eigenvalue weighted by atomic mass is 79.9. The Morgan fingerprint density at radius 1 is 1.41 bits per heavy atom. The van der Waals surface area contributed by atoms with Crippen LogP contribution in [0.5, 0.6) is 5.75 Å². The van der Waals surface area contributed by atoms with Crippen molar-refractivity contribution >= 4 is 15.9 Å². The van der Waals surface area contributed by atoms with Crippen LogP contribution >= 0.6 is 15.9 Å². The Balaban J connectivity index is 2.07. The van der Waals surface area contributed by atoms with Gasteiger partial charge in [0, 0.05) is 11.0 Å². The standard InChI is InChI=1S/C13H15BrN2O/c1-3-16-10(2)15-8-12(16)9-17-13-6-4-5-11(14)7-13/h4-8H,3,9H2,1-2H3. The van der Waals surface area contributed by atoms with Crippen molar-refractivity contribution in [2.24, 2.45) is 0 Å². The molecule has 17 heavy (non-hydrogen) atoms. The number of benzene rings is 1. The van der Waals surface area contributed by atoms with Gasteiger partial charge in [-0.25, -0.2) is 4.98 Å². The fraction of sp³-hybridized carbons (Fsp3) is 0.308. The van der Waals surface area contributed by atoms with E-state index in [0.29, 0.717) is 6.61 Å². The van der Waals surface area contributed by atoms with Crippen molar-refractivity contribution in [1.82, 2.24) is 9.55 Å². The third kappa shape index (κ3) is 2.88. The molecule has 0 bridgehead atoms. The van der Waals surface area contributed by atoms with Crippen LogP contribution < -0.4 is 4.74 Å². The summed E-state index contributed by atoms with van der Waals surface area (Å²) in [6, 6.07) is 7.85. The van der Waals surface area contributed by atoms with Gasteiger partial charge >= 0.3 is 0 Å². The maximum atomic E-state index is 5.74. The van der Waals surface area contributed by atoms with Gasteiger partial charge in [0.1, 0.15) is 18.2 Å². The van der Waals surface area contributed by atoms with Crippen LogP contribution in [-0.4, -0.2) is 9.55 Å². The molecule has 2 rings (SSSR count). The van der Waals surface area contributed by atoms with Crippen LogP contribution in [0.15, 0.2) is 34.9 Å². The van der Waals surface area contributed by atoms with Gasteiger partial charge in [0.05, 0.1) is 11.9 Å². The van der Waals surface area contributed by atoms with Crippen molar-refractivity contribution in [2.45, 2.75) is 27.0 Å². The Labute approximate surface area is 110 Å². The largest absolute Gasteiger partial charge is 0.487 e. The zero-order valence-corrected chi connectivity index (χ0v) is 11.6. The fourth-order valence-corrected chi connectivity index (χ4v) is 2.15. The number of imidazole rings is 1. The molecular formula is C13H15BrN2O. The Morgan fingerprint density at radius 2 is 2.24 bits per heavy atom. The first-order valence-corrected chi connectivity index (χ1v) is 6.39. The monoisotopic (exact) mass is 294 g/mol. The van der Waals surface area contributed by atoms with E-state index >= 15 is 0 Å². The molecule has 0 aliphatic rings. The Hall–Kier alpha value is -1.29. The second-order valence-corrected chi connectivity index (χ2v) is 4.70. The minimum atomic E-state index is 0.547. The predicted molar refractivity (Wildman–Crippen MR) is 71.1 cm³/mol. The first kappa shape index (κ1) is 12.2. The average molecular weight is 295 g/mol. The van der Waals surface area contributed by atoms with Crippen molar-refractivity contribution in [2.75, 3.05) is 0 Å². The summed E-state index contributed by atoms with van der Waals surface area (Å²) in [5, 5.41) is 0. The number of aromatic nitrogens is 2. The maximum Gasteiger partial charge on any atom is 0.130 e. The lowest BCUT2D eigenvalue weighted by atomic mass is 10.3. The molecule has 0 aliphatic carbocycles. The molecule has 0 aliphatic heterocycles. The Morgan fingerprint density at radius 3 is 2.94 bits per heavy atom. The fourth-order valence-electron chi connectivity index (χ4n) is 1.78. The molecule has 0 unspecified atom stereocenters. The summed E-state index contributed by atoms with van der Waals surface area (Å²) < 4.78 is 8.91. The van der Waals surface area contributed by atoms with Crippen LogP contribution in [0.3, 0.4) is 0 Å². The van der Waals surface area contributed by atoms with Crippen molar-refractivity contribution in [1.29, 1.82) is 0 Å². The summed E-state index contributed by atoms with van der Waals surface area (Å²) in [7, 11) is 0. The molecule has 90 valence electrons. The number of rotatable bonds is 4. The first-order chi connectivity index (χ1) is 8.20. The van der Waals surface area contributed by atoms with Crippen LogP contribution in [0.1, 0.15) is 18.4 Å².